The van der Waals surface area contributed by atoms with Crippen molar-refractivity contribution in [3.8, 4) is 0 Å². The number of carbonyl (C=O) groups excluding carboxylic acids is 2. The van der Waals surface area contributed by atoms with Crippen LogP contribution in [0.15, 0.2) is 24.5 Å². The zero-order chi connectivity index (χ0) is 23.3. The Morgan fingerprint density at radius 3 is 2.38 bits per heavy atom. The van der Waals surface area contributed by atoms with E-state index in [2.05, 4.69) is 15.2 Å². The van der Waals surface area contributed by atoms with Gasteiger partial charge in [0, 0.05) is 63.4 Å². The summed E-state index contributed by atoms with van der Waals surface area (Å²) in [7, 11) is 0. The lowest BCUT2D eigenvalue weighted by atomic mass is 9.48. The van der Waals surface area contributed by atoms with E-state index in [0.717, 1.165) is 70.3 Å². The Balaban J connectivity index is 1.04. The van der Waals surface area contributed by atoms with Gasteiger partial charge in [-0.2, -0.15) is 0 Å². The number of hydrogen-bond acceptors (Lipinski definition) is 5. The zero-order valence-electron chi connectivity index (χ0n) is 19.9. The highest BCUT2D eigenvalue weighted by atomic mass is 16.3. The fourth-order valence-electron chi connectivity index (χ4n) is 7.79. The molecule has 7 rings (SSSR count). The average Bonchev–Trinajstić information content (AvgIpc) is 2.87. The second kappa shape index (κ2) is 8.70. The van der Waals surface area contributed by atoms with Crippen molar-refractivity contribution in [3.05, 3.63) is 24.5 Å². The van der Waals surface area contributed by atoms with Crippen molar-refractivity contribution in [2.75, 3.05) is 44.2 Å². The number of amides is 3. The van der Waals surface area contributed by atoms with Gasteiger partial charge in [-0.3, -0.25) is 9.78 Å². The summed E-state index contributed by atoms with van der Waals surface area (Å²) in [5.41, 5.74) is 0.866. The van der Waals surface area contributed by atoms with Crippen molar-refractivity contribution in [1.82, 2.24) is 20.1 Å². The van der Waals surface area contributed by atoms with Gasteiger partial charge in [0.25, 0.3) is 0 Å². The molecule has 1 aromatic heterocycles. The number of hydrogen-bond donors (Lipinski definition) is 2. The molecule has 0 radical (unpaired) electrons. The summed E-state index contributed by atoms with van der Waals surface area (Å²) < 4.78 is 0. The van der Waals surface area contributed by atoms with Crippen LogP contribution < -0.4 is 10.2 Å². The van der Waals surface area contributed by atoms with E-state index < -0.39 is 0 Å². The second-order valence-corrected chi connectivity index (χ2v) is 11.5. The molecule has 2 aliphatic heterocycles. The number of nitrogens with one attached hydrogen (secondary N) is 1. The minimum absolute atomic E-state index is 0.0289. The Morgan fingerprint density at radius 2 is 1.68 bits per heavy atom. The molecule has 0 aromatic carbocycles. The van der Waals surface area contributed by atoms with Crippen molar-refractivity contribution < 1.29 is 14.7 Å². The first-order valence-electron chi connectivity index (χ1n) is 13.2. The summed E-state index contributed by atoms with van der Waals surface area (Å²) in [6.07, 6.45) is 10.1. The van der Waals surface area contributed by atoms with E-state index in [-0.39, 0.29) is 29.5 Å². The SMILES string of the molecule is O=C(N1CCN(c2ccncc2)CC1)N1CCC[C@H](NC(=O)C23CC4CC(C2)C(O)[C@H](C4)C3)C1. The van der Waals surface area contributed by atoms with E-state index in [1.165, 1.54) is 0 Å². The normalized spacial score (nSPS) is 37.1. The van der Waals surface area contributed by atoms with E-state index in [0.29, 0.717) is 37.4 Å². The molecular weight excluding hydrogens is 430 g/mol. The number of likely N-dealkylation sites (tertiary alicyclic amines) is 1. The van der Waals surface area contributed by atoms with Gasteiger partial charge in [0.1, 0.15) is 0 Å². The summed E-state index contributed by atoms with van der Waals surface area (Å²) in [5.74, 6) is 1.38. The number of piperazine rings is 1. The van der Waals surface area contributed by atoms with Gasteiger partial charge >= 0.3 is 6.03 Å². The third kappa shape index (κ3) is 3.93. The molecule has 1 aromatic rings. The van der Waals surface area contributed by atoms with Crippen molar-refractivity contribution in [2.24, 2.45) is 23.2 Å². The number of anilines is 1. The molecule has 4 bridgehead atoms. The third-order valence-corrected chi connectivity index (χ3v) is 9.31. The Kier molecular flexibility index (Phi) is 5.66. The van der Waals surface area contributed by atoms with Crippen LogP contribution in [-0.2, 0) is 4.79 Å². The summed E-state index contributed by atoms with van der Waals surface area (Å²) in [4.78, 5) is 37.1. The Hall–Kier alpha value is -2.35. The van der Waals surface area contributed by atoms with Gasteiger partial charge in [-0.25, -0.2) is 4.79 Å². The number of carbonyl (C=O) groups is 2. The minimum atomic E-state index is -0.286. The average molecular weight is 468 g/mol. The molecular formula is C26H37N5O3. The number of urea groups is 1. The molecule has 6 fully saturated rings. The maximum atomic E-state index is 13.5. The Bertz CT molecular complexity index is 902. The number of pyridine rings is 1. The molecule has 3 amide bonds. The summed E-state index contributed by atoms with van der Waals surface area (Å²) >= 11 is 0. The highest BCUT2D eigenvalue weighted by Crippen LogP contribution is 2.60. The van der Waals surface area contributed by atoms with Gasteiger partial charge in [-0.05, 0) is 74.8 Å². The molecule has 2 saturated heterocycles. The van der Waals surface area contributed by atoms with Crippen LogP contribution in [0.4, 0.5) is 10.5 Å². The van der Waals surface area contributed by atoms with Crippen LogP contribution in [0.1, 0.15) is 44.9 Å². The molecule has 34 heavy (non-hydrogen) atoms. The van der Waals surface area contributed by atoms with Crippen molar-refractivity contribution in [1.29, 1.82) is 0 Å². The van der Waals surface area contributed by atoms with E-state index in [4.69, 9.17) is 0 Å². The second-order valence-electron chi connectivity index (χ2n) is 11.5. The topological polar surface area (TPSA) is 89.0 Å². The predicted molar refractivity (Wildman–Crippen MR) is 128 cm³/mol. The lowest BCUT2D eigenvalue weighted by molar-refractivity contribution is -0.163. The number of aromatic nitrogens is 1. The summed E-state index contributed by atoms with van der Waals surface area (Å²) in [6.45, 7) is 4.43. The molecule has 2 N–H and O–H groups in total. The molecule has 184 valence electrons. The molecule has 4 aliphatic carbocycles. The quantitative estimate of drug-likeness (QED) is 0.711. The monoisotopic (exact) mass is 467 g/mol. The van der Waals surface area contributed by atoms with Gasteiger partial charge in [-0.15, -0.1) is 0 Å². The van der Waals surface area contributed by atoms with Gasteiger partial charge in [0.05, 0.1) is 11.5 Å². The first kappa shape index (κ1) is 22.1. The van der Waals surface area contributed by atoms with Gasteiger partial charge < -0.3 is 25.1 Å². The van der Waals surface area contributed by atoms with E-state index >= 15 is 0 Å². The summed E-state index contributed by atoms with van der Waals surface area (Å²) in [6, 6.07) is 4.16. The smallest absolute Gasteiger partial charge is 0.320 e. The number of aliphatic hydroxyl groups is 1. The highest BCUT2D eigenvalue weighted by Gasteiger charge is 2.58. The minimum Gasteiger partial charge on any atom is -0.393 e. The van der Waals surface area contributed by atoms with Crippen LogP contribution in [0.5, 0.6) is 0 Å². The van der Waals surface area contributed by atoms with Crippen molar-refractivity contribution in [2.45, 2.75) is 57.1 Å². The molecule has 4 unspecified atom stereocenters. The fourth-order valence-corrected chi connectivity index (χ4v) is 7.79. The van der Waals surface area contributed by atoms with Crippen LogP contribution in [0.3, 0.4) is 0 Å². The van der Waals surface area contributed by atoms with Crippen LogP contribution >= 0.6 is 0 Å². The van der Waals surface area contributed by atoms with Gasteiger partial charge in [0.2, 0.25) is 5.91 Å². The highest BCUT2D eigenvalue weighted by molar-refractivity contribution is 5.83. The number of nitrogens with zero attached hydrogens (tertiary/aromatic N) is 4. The molecule has 8 heteroatoms. The zero-order valence-corrected chi connectivity index (χ0v) is 19.9. The molecule has 3 heterocycles. The molecule has 0 spiro atoms. The first-order chi connectivity index (χ1) is 16.5. The van der Waals surface area contributed by atoms with Crippen LogP contribution in [0.2, 0.25) is 0 Å². The number of aliphatic hydroxyl groups excluding tert-OH is 1. The first-order valence-corrected chi connectivity index (χ1v) is 13.2. The lowest BCUT2D eigenvalue weighted by Crippen LogP contribution is -2.61. The number of rotatable bonds is 3. The van der Waals surface area contributed by atoms with Crippen LogP contribution in [0, 0.1) is 23.2 Å². The standard InChI is InChI=1S/C26H37N5O3/c32-23-19-12-18-13-20(23)16-26(14-18,15-19)24(33)28-21-2-1-7-31(17-21)25(34)30-10-8-29(9-11-30)22-3-5-27-6-4-22/h3-6,18-21,23,32H,1-2,7-17H2,(H,28,33)/t18?,19-,20?,21+,23?,26?/m1/s1. The largest absolute Gasteiger partial charge is 0.393 e. The summed E-state index contributed by atoms with van der Waals surface area (Å²) in [5, 5.41) is 13.9. The van der Waals surface area contributed by atoms with E-state index in [1.807, 2.05) is 21.9 Å². The Labute approximate surface area is 201 Å². The Morgan fingerprint density at radius 1 is 0.971 bits per heavy atom. The third-order valence-electron chi connectivity index (χ3n) is 9.31. The predicted octanol–water partition coefficient (Wildman–Crippen LogP) is 2.09. The lowest BCUT2D eigenvalue weighted by Gasteiger charge is -2.58. The maximum Gasteiger partial charge on any atom is 0.320 e. The fraction of sp³-hybridized carbons (Fsp3) is 0.731. The maximum absolute atomic E-state index is 13.5. The molecule has 6 atom stereocenters. The molecule has 8 nitrogen and oxygen atoms in total. The number of piperidine rings is 1. The van der Waals surface area contributed by atoms with E-state index in [9.17, 15) is 14.7 Å². The van der Waals surface area contributed by atoms with Crippen molar-refractivity contribution >= 4 is 17.6 Å². The molecule has 4 saturated carbocycles. The van der Waals surface area contributed by atoms with Gasteiger partial charge in [0.15, 0.2) is 0 Å². The van der Waals surface area contributed by atoms with E-state index in [1.54, 1.807) is 12.4 Å². The molecule has 6 aliphatic rings. The van der Waals surface area contributed by atoms with Crippen LogP contribution in [-0.4, -0.2) is 83.2 Å². The van der Waals surface area contributed by atoms with Crippen molar-refractivity contribution in [3.63, 3.8) is 0 Å². The van der Waals surface area contributed by atoms with Crippen LogP contribution in [0.25, 0.3) is 0 Å². The van der Waals surface area contributed by atoms with Gasteiger partial charge in [-0.1, -0.05) is 0 Å².